The summed E-state index contributed by atoms with van der Waals surface area (Å²) in [6.45, 7) is 8.64. The summed E-state index contributed by atoms with van der Waals surface area (Å²) in [7, 11) is 1.68. The second-order valence-electron chi connectivity index (χ2n) is 7.83. The number of methoxy groups -OCH3 is 1. The Labute approximate surface area is 194 Å². The van der Waals surface area contributed by atoms with Crippen LogP contribution in [0.4, 0.5) is 11.4 Å². The Hall–Kier alpha value is -2.99. The van der Waals surface area contributed by atoms with E-state index in [0.717, 1.165) is 48.5 Å². The molecule has 3 aromatic rings. The van der Waals surface area contributed by atoms with Gasteiger partial charge in [0.25, 0.3) is 5.91 Å². The topological polar surface area (TPSA) is 48.9 Å². The number of benzene rings is 2. The molecular formula is C25H29ClN4O2. The summed E-state index contributed by atoms with van der Waals surface area (Å²) < 4.78 is 5.28. The van der Waals surface area contributed by atoms with Crippen molar-refractivity contribution in [3.05, 3.63) is 59.2 Å². The van der Waals surface area contributed by atoms with Gasteiger partial charge < -0.3 is 19.4 Å². The number of hydrogen-bond donors (Lipinski definition) is 0. The van der Waals surface area contributed by atoms with Crippen molar-refractivity contribution >= 4 is 39.8 Å². The highest BCUT2D eigenvalue weighted by molar-refractivity contribution is 6.31. The maximum atomic E-state index is 13.3. The van der Waals surface area contributed by atoms with Crippen LogP contribution in [0.25, 0.3) is 10.9 Å². The van der Waals surface area contributed by atoms with Crippen LogP contribution in [0, 0.1) is 0 Å². The second kappa shape index (κ2) is 9.65. The number of halogens is 1. The number of anilines is 2. The van der Waals surface area contributed by atoms with Gasteiger partial charge in [0.05, 0.1) is 23.9 Å². The number of fused-ring (bicyclic) bond motifs is 1. The Morgan fingerprint density at radius 1 is 1.03 bits per heavy atom. The number of nitrogens with zero attached hydrogens (tertiary/aromatic N) is 4. The first-order valence-electron chi connectivity index (χ1n) is 11.1. The fourth-order valence-corrected chi connectivity index (χ4v) is 4.48. The van der Waals surface area contributed by atoms with Crippen LogP contribution in [0.5, 0.6) is 5.75 Å². The van der Waals surface area contributed by atoms with Crippen LogP contribution in [0.3, 0.4) is 0 Å². The summed E-state index contributed by atoms with van der Waals surface area (Å²) in [5.41, 5.74) is 3.59. The molecule has 0 aliphatic carbocycles. The maximum absolute atomic E-state index is 13.3. The van der Waals surface area contributed by atoms with Crippen molar-refractivity contribution in [1.29, 1.82) is 0 Å². The minimum absolute atomic E-state index is 0.0111. The molecule has 0 bridgehead atoms. The fourth-order valence-electron chi connectivity index (χ4n) is 4.31. The molecule has 2 heterocycles. The molecule has 1 saturated heterocycles. The van der Waals surface area contributed by atoms with Crippen LogP contribution in [0.1, 0.15) is 24.2 Å². The van der Waals surface area contributed by atoms with Crippen molar-refractivity contribution in [2.75, 3.05) is 56.2 Å². The van der Waals surface area contributed by atoms with Gasteiger partial charge >= 0.3 is 0 Å². The van der Waals surface area contributed by atoms with Crippen molar-refractivity contribution < 1.29 is 9.53 Å². The first-order valence-corrected chi connectivity index (χ1v) is 11.4. The van der Waals surface area contributed by atoms with E-state index in [0.29, 0.717) is 23.7 Å². The van der Waals surface area contributed by atoms with Gasteiger partial charge in [-0.1, -0.05) is 11.6 Å². The molecule has 1 amide bonds. The van der Waals surface area contributed by atoms with E-state index in [4.69, 9.17) is 16.3 Å². The van der Waals surface area contributed by atoms with Crippen LogP contribution < -0.4 is 14.5 Å². The van der Waals surface area contributed by atoms with E-state index in [2.05, 4.69) is 26.9 Å². The zero-order chi connectivity index (χ0) is 22.7. The third-order valence-electron chi connectivity index (χ3n) is 6.12. The highest BCUT2D eigenvalue weighted by Gasteiger charge is 2.26. The number of carbonyl (C=O) groups is 1. The number of aromatic nitrogens is 1. The molecule has 0 spiro atoms. The van der Waals surface area contributed by atoms with Gasteiger partial charge in [0.2, 0.25) is 0 Å². The van der Waals surface area contributed by atoms with Crippen LogP contribution in [-0.2, 0) is 0 Å². The van der Waals surface area contributed by atoms with Crippen molar-refractivity contribution in [3.63, 3.8) is 0 Å². The molecule has 0 N–H and O–H groups in total. The predicted molar refractivity (Wildman–Crippen MR) is 131 cm³/mol. The van der Waals surface area contributed by atoms with E-state index in [9.17, 15) is 4.79 Å². The number of hydrogen-bond acceptors (Lipinski definition) is 5. The first kappa shape index (κ1) is 22.2. The number of carbonyl (C=O) groups excluding carboxylic acids is 1. The number of pyridine rings is 1. The van der Waals surface area contributed by atoms with Gasteiger partial charge in [-0.15, -0.1) is 0 Å². The molecule has 0 saturated carbocycles. The van der Waals surface area contributed by atoms with E-state index >= 15 is 0 Å². The number of piperazine rings is 1. The lowest BCUT2D eigenvalue weighted by Crippen LogP contribution is -2.47. The minimum atomic E-state index is 0.0111. The lowest BCUT2D eigenvalue weighted by atomic mass is 10.1. The summed E-state index contributed by atoms with van der Waals surface area (Å²) in [6.07, 6.45) is 1.72. The zero-order valence-corrected chi connectivity index (χ0v) is 19.6. The molecule has 32 heavy (non-hydrogen) atoms. The van der Waals surface area contributed by atoms with Crippen LogP contribution in [0.15, 0.2) is 48.7 Å². The summed E-state index contributed by atoms with van der Waals surface area (Å²) in [6, 6.07) is 13.8. The third kappa shape index (κ3) is 4.32. The van der Waals surface area contributed by atoms with Gasteiger partial charge in [-0.2, -0.15) is 0 Å². The summed E-state index contributed by atoms with van der Waals surface area (Å²) >= 11 is 6.35. The zero-order valence-electron chi connectivity index (χ0n) is 18.8. The second-order valence-corrected chi connectivity index (χ2v) is 8.27. The maximum Gasteiger partial charge on any atom is 0.257 e. The van der Waals surface area contributed by atoms with Crippen molar-refractivity contribution in [1.82, 2.24) is 9.88 Å². The molecule has 0 atom stereocenters. The molecular weight excluding hydrogens is 424 g/mol. The monoisotopic (exact) mass is 452 g/mol. The van der Waals surface area contributed by atoms with E-state index in [1.54, 1.807) is 13.3 Å². The normalized spacial score (nSPS) is 14.0. The van der Waals surface area contributed by atoms with E-state index in [1.807, 2.05) is 49.1 Å². The fraction of sp³-hybridized carbons (Fsp3) is 0.360. The SMILES string of the molecule is CCN(CC)C(=O)c1cnc2ccc(Cl)cc2c1N1CCN(c2ccc(OC)cc2)CC1. The lowest BCUT2D eigenvalue weighted by Gasteiger charge is -2.38. The number of amides is 1. The minimum Gasteiger partial charge on any atom is -0.497 e. The van der Waals surface area contributed by atoms with E-state index in [-0.39, 0.29) is 5.91 Å². The quantitative estimate of drug-likeness (QED) is 0.542. The van der Waals surface area contributed by atoms with Gasteiger partial charge in [0.15, 0.2) is 0 Å². The van der Waals surface area contributed by atoms with Crippen molar-refractivity contribution in [3.8, 4) is 5.75 Å². The van der Waals surface area contributed by atoms with Gasteiger partial charge in [-0.05, 0) is 56.3 Å². The number of ether oxygens (including phenoxy) is 1. The van der Waals surface area contributed by atoms with Crippen molar-refractivity contribution in [2.45, 2.75) is 13.8 Å². The highest BCUT2D eigenvalue weighted by atomic mass is 35.5. The van der Waals surface area contributed by atoms with Gasteiger partial charge in [0.1, 0.15) is 5.75 Å². The number of rotatable bonds is 6. The van der Waals surface area contributed by atoms with Crippen molar-refractivity contribution in [2.24, 2.45) is 0 Å². The molecule has 1 aliphatic heterocycles. The Morgan fingerprint density at radius 3 is 2.31 bits per heavy atom. The van der Waals surface area contributed by atoms with Gasteiger partial charge in [0, 0.05) is 61.6 Å². The molecule has 168 valence electrons. The van der Waals surface area contributed by atoms with Crippen LogP contribution in [0.2, 0.25) is 5.02 Å². The Bertz CT molecular complexity index is 1090. The van der Waals surface area contributed by atoms with Gasteiger partial charge in [-0.25, -0.2) is 0 Å². The average molecular weight is 453 g/mol. The lowest BCUT2D eigenvalue weighted by molar-refractivity contribution is 0.0773. The third-order valence-corrected chi connectivity index (χ3v) is 6.35. The first-order chi connectivity index (χ1) is 15.5. The standard InChI is InChI=1S/C25H29ClN4O2/c1-4-28(5-2)25(31)22-17-27-23-11-6-18(26)16-21(23)24(22)30-14-12-29(13-15-30)19-7-9-20(32-3)10-8-19/h6-11,16-17H,4-5,12-15H2,1-3H3. The van der Waals surface area contributed by atoms with Crippen LogP contribution in [-0.4, -0.2) is 62.2 Å². The largest absolute Gasteiger partial charge is 0.497 e. The smallest absolute Gasteiger partial charge is 0.257 e. The molecule has 7 heteroatoms. The van der Waals surface area contributed by atoms with Crippen LogP contribution >= 0.6 is 11.6 Å². The van der Waals surface area contributed by atoms with E-state index in [1.165, 1.54) is 5.69 Å². The predicted octanol–water partition coefficient (Wildman–Crippen LogP) is 4.71. The average Bonchev–Trinajstić information content (AvgIpc) is 2.84. The molecule has 0 unspecified atom stereocenters. The molecule has 6 nitrogen and oxygen atoms in total. The molecule has 2 aromatic carbocycles. The summed E-state index contributed by atoms with van der Waals surface area (Å²) in [5.74, 6) is 0.865. The highest BCUT2D eigenvalue weighted by Crippen LogP contribution is 2.33. The molecule has 1 aromatic heterocycles. The molecule has 1 aliphatic rings. The summed E-state index contributed by atoms with van der Waals surface area (Å²) in [4.78, 5) is 24.4. The Morgan fingerprint density at radius 2 is 1.69 bits per heavy atom. The van der Waals surface area contributed by atoms with E-state index < -0.39 is 0 Å². The van der Waals surface area contributed by atoms with Gasteiger partial charge in [-0.3, -0.25) is 9.78 Å². The Balaban J connectivity index is 1.67. The molecule has 4 rings (SSSR count). The Kier molecular flexibility index (Phi) is 6.70. The molecule has 0 radical (unpaired) electrons. The molecule has 1 fully saturated rings. The summed E-state index contributed by atoms with van der Waals surface area (Å²) in [5, 5.41) is 1.57.